The number of carbonyl (C=O) groups excluding carboxylic acids is 2. The normalized spacial score (nSPS) is 17.2. The molecule has 2 aromatic rings. The van der Waals surface area contributed by atoms with Crippen LogP contribution in [0.3, 0.4) is 0 Å². The van der Waals surface area contributed by atoms with Gasteiger partial charge in [0.1, 0.15) is 6.61 Å². The summed E-state index contributed by atoms with van der Waals surface area (Å²) in [6, 6.07) is 13.7. The summed E-state index contributed by atoms with van der Waals surface area (Å²) in [5.74, 6) is -0.170. The van der Waals surface area contributed by atoms with Gasteiger partial charge in [0, 0.05) is 30.9 Å². The first-order valence-electron chi connectivity index (χ1n) is 10.4. The highest BCUT2D eigenvalue weighted by Crippen LogP contribution is 2.23. The fraction of sp³-hybridized carbons (Fsp3) is 0.364. The van der Waals surface area contributed by atoms with Crippen LogP contribution in [0, 0.1) is 0 Å². The van der Waals surface area contributed by atoms with Crippen LogP contribution in [-0.4, -0.2) is 64.2 Å². The predicted octanol–water partition coefficient (Wildman–Crippen LogP) is 2.24. The number of hydrogen-bond acceptors (Lipinski definition) is 6. The van der Waals surface area contributed by atoms with Crippen molar-refractivity contribution in [1.29, 1.82) is 0 Å². The number of morpholine rings is 1. The van der Waals surface area contributed by atoms with Gasteiger partial charge in [-0.2, -0.15) is 4.31 Å². The summed E-state index contributed by atoms with van der Waals surface area (Å²) in [4.78, 5) is 25.9. The molecule has 2 aliphatic rings. The highest BCUT2D eigenvalue weighted by Gasteiger charge is 2.26. The van der Waals surface area contributed by atoms with Crippen LogP contribution in [0.5, 0.6) is 0 Å². The molecule has 0 aliphatic carbocycles. The quantitative estimate of drug-likeness (QED) is 0.681. The largest absolute Gasteiger partial charge is 0.447 e. The van der Waals surface area contributed by atoms with Crippen molar-refractivity contribution in [3.63, 3.8) is 0 Å². The molecule has 0 aromatic heterocycles. The Morgan fingerprint density at radius 2 is 1.75 bits per heavy atom. The van der Waals surface area contributed by atoms with E-state index >= 15 is 0 Å². The second-order valence-electron chi connectivity index (χ2n) is 7.52. The van der Waals surface area contributed by atoms with Gasteiger partial charge in [0.05, 0.1) is 24.7 Å². The summed E-state index contributed by atoms with van der Waals surface area (Å²) < 4.78 is 37.0. The van der Waals surface area contributed by atoms with Crippen LogP contribution in [0.4, 0.5) is 16.2 Å². The van der Waals surface area contributed by atoms with Gasteiger partial charge in [0.2, 0.25) is 15.9 Å². The summed E-state index contributed by atoms with van der Waals surface area (Å²) in [6.07, 6.45) is 0.320. The van der Waals surface area contributed by atoms with Crippen molar-refractivity contribution in [3.8, 4) is 0 Å². The number of rotatable bonds is 7. The Morgan fingerprint density at radius 1 is 1.00 bits per heavy atom. The van der Waals surface area contributed by atoms with Gasteiger partial charge in [-0.25, -0.2) is 13.2 Å². The first kappa shape index (κ1) is 22.3. The summed E-state index contributed by atoms with van der Waals surface area (Å²) in [7, 11) is -3.53. The first-order chi connectivity index (χ1) is 15.4. The van der Waals surface area contributed by atoms with Crippen molar-refractivity contribution < 1.29 is 27.5 Å². The topological polar surface area (TPSA) is 105 Å². The SMILES string of the molecule is O=C(CCc1ccc(S(=O)(=O)N2CCOCC2)cc1)Nc1cccc(N2CCOC2=O)c1. The van der Waals surface area contributed by atoms with E-state index in [0.29, 0.717) is 57.3 Å². The summed E-state index contributed by atoms with van der Waals surface area (Å²) in [6.45, 7) is 2.33. The van der Waals surface area contributed by atoms with E-state index in [1.807, 2.05) is 0 Å². The summed E-state index contributed by atoms with van der Waals surface area (Å²) in [5.41, 5.74) is 2.14. The Labute approximate surface area is 187 Å². The second-order valence-corrected chi connectivity index (χ2v) is 9.46. The number of anilines is 2. The van der Waals surface area contributed by atoms with E-state index in [4.69, 9.17) is 9.47 Å². The van der Waals surface area contributed by atoms with Crippen molar-refractivity contribution in [3.05, 3.63) is 54.1 Å². The molecule has 0 unspecified atom stereocenters. The van der Waals surface area contributed by atoms with E-state index in [-0.39, 0.29) is 17.2 Å². The maximum atomic E-state index is 12.7. The highest BCUT2D eigenvalue weighted by atomic mass is 32.2. The second kappa shape index (κ2) is 9.68. The zero-order chi connectivity index (χ0) is 22.6. The number of benzene rings is 2. The van der Waals surface area contributed by atoms with Gasteiger partial charge < -0.3 is 14.8 Å². The van der Waals surface area contributed by atoms with Gasteiger partial charge in [-0.1, -0.05) is 18.2 Å². The zero-order valence-corrected chi connectivity index (χ0v) is 18.3. The van der Waals surface area contributed by atoms with E-state index in [0.717, 1.165) is 5.56 Å². The Kier molecular flexibility index (Phi) is 6.73. The average molecular weight is 460 g/mol. The van der Waals surface area contributed by atoms with Crippen LogP contribution in [0.25, 0.3) is 0 Å². The number of cyclic esters (lactones) is 1. The zero-order valence-electron chi connectivity index (χ0n) is 17.5. The van der Waals surface area contributed by atoms with E-state index in [1.165, 1.54) is 9.21 Å². The molecular weight excluding hydrogens is 434 g/mol. The van der Waals surface area contributed by atoms with Gasteiger partial charge in [-0.3, -0.25) is 9.69 Å². The monoisotopic (exact) mass is 459 g/mol. The molecular formula is C22H25N3O6S. The standard InChI is InChI=1S/C22H25N3O6S/c26-21(23-18-2-1-3-19(16-18)25-12-15-31-22(25)27)9-6-17-4-7-20(8-5-17)32(28,29)24-10-13-30-14-11-24/h1-5,7-8,16H,6,9-15H2,(H,23,26). The van der Waals surface area contributed by atoms with Crippen molar-refractivity contribution in [2.75, 3.05) is 49.7 Å². The van der Waals surface area contributed by atoms with Crippen molar-refractivity contribution in [1.82, 2.24) is 4.31 Å². The Morgan fingerprint density at radius 3 is 2.44 bits per heavy atom. The molecule has 2 saturated heterocycles. The fourth-order valence-electron chi connectivity index (χ4n) is 3.62. The Hall–Kier alpha value is -2.95. The smallest absolute Gasteiger partial charge is 0.414 e. The number of nitrogens with zero attached hydrogens (tertiary/aromatic N) is 2. The van der Waals surface area contributed by atoms with Gasteiger partial charge in [0.15, 0.2) is 0 Å². The molecule has 4 rings (SSSR count). The number of nitrogens with one attached hydrogen (secondary N) is 1. The van der Waals surface area contributed by atoms with Gasteiger partial charge in [0.25, 0.3) is 0 Å². The maximum absolute atomic E-state index is 12.7. The maximum Gasteiger partial charge on any atom is 0.414 e. The lowest BCUT2D eigenvalue weighted by Gasteiger charge is -2.26. The number of carbonyl (C=O) groups is 2. The lowest BCUT2D eigenvalue weighted by molar-refractivity contribution is -0.116. The minimum Gasteiger partial charge on any atom is -0.447 e. The molecule has 0 saturated carbocycles. The number of sulfonamides is 1. The molecule has 9 nitrogen and oxygen atoms in total. The minimum atomic E-state index is -3.53. The van der Waals surface area contributed by atoms with Crippen LogP contribution in [-0.2, 0) is 30.7 Å². The van der Waals surface area contributed by atoms with Crippen molar-refractivity contribution in [2.45, 2.75) is 17.7 Å². The lowest BCUT2D eigenvalue weighted by Crippen LogP contribution is -2.40. The highest BCUT2D eigenvalue weighted by molar-refractivity contribution is 7.89. The van der Waals surface area contributed by atoms with Gasteiger partial charge in [-0.05, 0) is 42.3 Å². The molecule has 0 atom stereocenters. The van der Waals surface area contributed by atoms with Crippen LogP contribution in [0.2, 0.25) is 0 Å². The summed E-state index contributed by atoms with van der Waals surface area (Å²) in [5, 5.41) is 2.84. The number of aryl methyl sites for hydroxylation is 1. The predicted molar refractivity (Wildman–Crippen MR) is 118 cm³/mol. The van der Waals surface area contributed by atoms with Crippen molar-refractivity contribution >= 4 is 33.4 Å². The third kappa shape index (κ3) is 5.09. The molecule has 0 radical (unpaired) electrons. The first-order valence-corrected chi connectivity index (χ1v) is 11.9. The molecule has 2 aliphatic heterocycles. The third-order valence-corrected chi connectivity index (χ3v) is 7.29. The molecule has 170 valence electrons. The summed E-state index contributed by atoms with van der Waals surface area (Å²) >= 11 is 0. The van der Waals surface area contributed by atoms with E-state index in [2.05, 4.69) is 5.32 Å². The van der Waals surface area contributed by atoms with Crippen LogP contribution in [0.1, 0.15) is 12.0 Å². The Balaban J connectivity index is 1.32. The molecule has 0 bridgehead atoms. The van der Waals surface area contributed by atoms with E-state index in [1.54, 1.807) is 48.5 Å². The van der Waals surface area contributed by atoms with Gasteiger partial charge in [-0.15, -0.1) is 0 Å². The third-order valence-electron chi connectivity index (χ3n) is 5.37. The van der Waals surface area contributed by atoms with Crippen molar-refractivity contribution in [2.24, 2.45) is 0 Å². The number of hydrogen-bond donors (Lipinski definition) is 1. The van der Waals surface area contributed by atoms with Crippen LogP contribution >= 0.6 is 0 Å². The number of ether oxygens (including phenoxy) is 2. The molecule has 2 heterocycles. The van der Waals surface area contributed by atoms with Crippen LogP contribution in [0.15, 0.2) is 53.4 Å². The molecule has 2 aromatic carbocycles. The lowest BCUT2D eigenvalue weighted by atomic mass is 10.1. The number of amides is 2. The molecule has 32 heavy (non-hydrogen) atoms. The Bertz CT molecular complexity index is 1080. The molecule has 0 spiro atoms. The molecule has 1 N–H and O–H groups in total. The molecule has 10 heteroatoms. The van der Waals surface area contributed by atoms with Crippen LogP contribution < -0.4 is 10.2 Å². The van der Waals surface area contributed by atoms with E-state index in [9.17, 15) is 18.0 Å². The van der Waals surface area contributed by atoms with E-state index < -0.39 is 16.1 Å². The molecule has 2 fully saturated rings. The van der Waals surface area contributed by atoms with Gasteiger partial charge >= 0.3 is 6.09 Å². The minimum absolute atomic E-state index is 0.170. The fourth-order valence-corrected chi connectivity index (χ4v) is 5.03. The average Bonchev–Trinajstić information content (AvgIpc) is 3.24. The molecule has 2 amide bonds.